The monoisotopic (exact) mass is 347 g/mol. The van der Waals surface area contributed by atoms with Crippen LogP contribution in [0.1, 0.15) is 18.8 Å². The van der Waals surface area contributed by atoms with Crippen molar-refractivity contribution in [1.82, 2.24) is 15.2 Å². The van der Waals surface area contributed by atoms with Crippen molar-refractivity contribution in [2.75, 3.05) is 5.32 Å². The number of nitrogens with one attached hydrogen (secondary N) is 2. The van der Waals surface area contributed by atoms with E-state index in [1.807, 2.05) is 0 Å². The lowest BCUT2D eigenvalue weighted by molar-refractivity contribution is -0.384. The van der Waals surface area contributed by atoms with Gasteiger partial charge in [-0.15, -0.1) is 0 Å². The van der Waals surface area contributed by atoms with Crippen molar-refractivity contribution in [2.45, 2.75) is 23.6 Å². The van der Waals surface area contributed by atoms with E-state index in [-0.39, 0.29) is 5.69 Å². The molecule has 124 valence electrons. The van der Waals surface area contributed by atoms with Gasteiger partial charge < -0.3 is 5.32 Å². The predicted molar refractivity (Wildman–Crippen MR) is 74.7 cm³/mol. The largest absolute Gasteiger partial charge is 0.370 e. The third kappa shape index (κ3) is 3.41. The molecule has 1 aromatic heterocycles. The van der Waals surface area contributed by atoms with Crippen molar-refractivity contribution in [3.8, 4) is 0 Å². The molecule has 0 saturated heterocycles. The molecular formula is C11H11F2N5O4S. The summed E-state index contributed by atoms with van der Waals surface area (Å²) in [5, 5.41) is 20.0. The van der Waals surface area contributed by atoms with Crippen molar-refractivity contribution in [1.29, 1.82) is 0 Å². The molecule has 9 nitrogen and oxygen atoms in total. The SMILES string of the molecule is CC(Nc1ccc(S(=O)(=O)C(F)F)cc1[N+](=O)[O-])c1ncn[nH]1. The van der Waals surface area contributed by atoms with Crippen LogP contribution in [0.25, 0.3) is 0 Å². The lowest BCUT2D eigenvalue weighted by Crippen LogP contribution is -2.13. The summed E-state index contributed by atoms with van der Waals surface area (Å²) in [4.78, 5) is 13.3. The second-order valence-corrected chi connectivity index (χ2v) is 6.40. The Labute approximate surface area is 128 Å². The second kappa shape index (κ2) is 6.24. The molecule has 0 radical (unpaired) electrons. The van der Waals surface area contributed by atoms with E-state index in [0.717, 1.165) is 12.1 Å². The first-order valence-corrected chi connectivity index (χ1v) is 7.70. The first-order chi connectivity index (χ1) is 10.7. The third-order valence-corrected chi connectivity index (χ3v) is 4.32. The number of nitro benzene ring substituents is 1. The number of H-pyrrole nitrogens is 1. The van der Waals surface area contributed by atoms with Gasteiger partial charge in [0.15, 0.2) is 0 Å². The van der Waals surface area contributed by atoms with E-state index in [1.54, 1.807) is 6.92 Å². The first kappa shape index (κ1) is 16.7. The van der Waals surface area contributed by atoms with Gasteiger partial charge in [0.1, 0.15) is 17.8 Å². The quantitative estimate of drug-likeness (QED) is 0.602. The maximum Gasteiger partial charge on any atom is 0.341 e. The lowest BCUT2D eigenvalue weighted by Gasteiger charge is -2.13. The van der Waals surface area contributed by atoms with Crippen LogP contribution in [-0.2, 0) is 9.84 Å². The molecule has 0 aliphatic carbocycles. The number of halogens is 2. The third-order valence-electron chi connectivity index (χ3n) is 2.94. The van der Waals surface area contributed by atoms with Gasteiger partial charge in [0.05, 0.1) is 15.9 Å². The topological polar surface area (TPSA) is 131 Å². The van der Waals surface area contributed by atoms with Gasteiger partial charge in [-0.25, -0.2) is 13.4 Å². The summed E-state index contributed by atoms with van der Waals surface area (Å²) in [6.07, 6.45) is 1.25. The van der Waals surface area contributed by atoms with Gasteiger partial charge >= 0.3 is 5.76 Å². The predicted octanol–water partition coefficient (Wildman–Crippen LogP) is 1.88. The van der Waals surface area contributed by atoms with E-state index < -0.39 is 37.1 Å². The Morgan fingerprint density at radius 2 is 2.09 bits per heavy atom. The van der Waals surface area contributed by atoms with E-state index >= 15 is 0 Å². The molecule has 0 spiro atoms. The number of hydrogen-bond donors (Lipinski definition) is 2. The highest BCUT2D eigenvalue weighted by Crippen LogP contribution is 2.31. The molecule has 1 unspecified atom stereocenters. The smallest absolute Gasteiger partial charge is 0.341 e. The Kier molecular flexibility index (Phi) is 4.54. The van der Waals surface area contributed by atoms with Crippen LogP contribution >= 0.6 is 0 Å². The zero-order chi connectivity index (χ0) is 17.2. The summed E-state index contributed by atoms with van der Waals surface area (Å²) in [7, 11) is -4.92. The molecule has 0 bridgehead atoms. The number of aromatic amines is 1. The van der Waals surface area contributed by atoms with Crippen LogP contribution in [0.2, 0.25) is 0 Å². The fraction of sp³-hybridized carbons (Fsp3) is 0.273. The van der Waals surface area contributed by atoms with Crippen molar-refractivity contribution >= 4 is 21.2 Å². The van der Waals surface area contributed by atoms with Crippen LogP contribution in [0, 0.1) is 10.1 Å². The highest BCUT2D eigenvalue weighted by atomic mass is 32.2. The zero-order valence-corrected chi connectivity index (χ0v) is 12.4. The van der Waals surface area contributed by atoms with Crippen LogP contribution in [0.4, 0.5) is 20.2 Å². The summed E-state index contributed by atoms with van der Waals surface area (Å²) < 4.78 is 47.9. The first-order valence-electron chi connectivity index (χ1n) is 6.15. The lowest BCUT2D eigenvalue weighted by atomic mass is 10.2. The van der Waals surface area contributed by atoms with Gasteiger partial charge in [0, 0.05) is 6.07 Å². The average Bonchev–Trinajstić information content (AvgIpc) is 3.01. The van der Waals surface area contributed by atoms with Gasteiger partial charge in [-0.2, -0.15) is 13.9 Å². The minimum atomic E-state index is -4.92. The van der Waals surface area contributed by atoms with Crippen LogP contribution in [0.5, 0.6) is 0 Å². The van der Waals surface area contributed by atoms with E-state index in [4.69, 9.17) is 0 Å². The van der Waals surface area contributed by atoms with Crippen LogP contribution in [-0.4, -0.2) is 34.3 Å². The van der Waals surface area contributed by atoms with Gasteiger partial charge in [0.2, 0.25) is 9.84 Å². The normalized spacial score (nSPS) is 13.0. The number of nitro groups is 1. The molecule has 2 N–H and O–H groups in total. The number of alkyl halides is 2. The molecule has 23 heavy (non-hydrogen) atoms. The second-order valence-electron chi connectivity index (χ2n) is 4.48. The average molecular weight is 347 g/mol. The molecule has 0 aliphatic heterocycles. The molecule has 0 aliphatic rings. The maximum absolute atomic E-state index is 12.5. The zero-order valence-electron chi connectivity index (χ0n) is 11.6. The molecule has 1 aromatic carbocycles. The number of nitrogens with zero attached hydrogens (tertiary/aromatic N) is 3. The Morgan fingerprint density at radius 1 is 1.39 bits per heavy atom. The molecule has 1 atom stereocenters. The fourth-order valence-electron chi connectivity index (χ4n) is 1.79. The van der Waals surface area contributed by atoms with Crippen molar-refractivity contribution in [3.05, 3.63) is 40.5 Å². The van der Waals surface area contributed by atoms with Gasteiger partial charge in [0.25, 0.3) is 5.69 Å². The summed E-state index contributed by atoms with van der Waals surface area (Å²) in [6.45, 7) is 1.63. The highest BCUT2D eigenvalue weighted by molar-refractivity contribution is 7.91. The standard InChI is InChI=1S/C11H11F2N5O4S/c1-6(10-14-5-15-17-10)16-8-3-2-7(4-9(8)18(19)20)23(21,22)11(12)13/h2-6,11,16H,1H3,(H,14,15,17). The van der Waals surface area contributed by atoms with Crippen molar-refractivity contribution in [2.24, 2.45) is 0 Å². The van der Waals surface area contributed by atoms with Crippen LogP contribution in [0.15, 0.2) is 29.4 Å². The molecule has 0 fully saturated rings. The summed E-state index contributed by atoms with van der Waals surface area (Å²) in [6, 6.07) is 2.02. The summed E-state index contributed by atoms with van der Waals surface area (Å²) in [5.41, 5.74) is -0.676. The number of rotatable bonds is 6. The van der Waals surface area contributed by atoms with E-state index in [0.29, 0.717) is 11.9 Å². The number of hydrogen-bond acceptors (Lipinski definition) is 7. The van der Waals surface area contributed by atoms with Crippen molar-refractivity contribution < 1.29 is 22.1 Å². The maximum atomic E-state index is 12.5. The minimum Gasteiger partial charge on any atom is -0.370 e. The van der Waals surface area contributed by atoms with Crippen LogP contribution in [0.3, 0.4) is 0 Å². The Morgan fingerprint density at radius 3 is 2.61 bits per heavy atom. The Balaban J connectivity index is 2.40. The van der Waals surface area contributed by atoms with Gasteiger partial charge in [-0.1, -0.05) is 0 Å². The molecule has 2 rings (SSSR count). The molecule has 0 saturated carbocycles. The van der Waals surface area contributed by atoms with Gasteiger partial charge in [-0.3, -0.25) is 15.2 Å². The summed E-state index contributed by atoms with van der Waals surface area (Å²) >= 11 is 0. The highest BCUT2D eigenvalue weighted by Gasteiger charge is 2.29. The Hall–Kier alpha value is -2.63. The number of benzene rings is 1. The fourth-order valence-corrected chi connectivity index (χ4v) is 2.53. The minimum absolute atomic E-state index is 0.0351. The molecule has 2 aromatic rings. The molecule has 1 heterocycles. The Bertz CT molecular complexity index is 810. The number of sulfone groups is 1. The van der Waals surface area contributed by atoms with E-state index in [1.165, 1.54) is 6.33 Å². The number of anilines is 1. The number of aromatic nitrogens is 3. The van der Waals surface area contributed by atoms with E-state index in [9.17, 15) is 27.3 Å². The molecule has 0 amide bonds. The molecular weight excluding hydrogens is 336 g/mol. The van der Waals surface area contributed by atoms with Gasteiger partial charge in [-0.05, 0) is 19.1 Å². The molecule has 12 heteroatoms. The van der Waals surface area contributed by atoms with Crippen LogP contribution < -0.4 is 5.32 Å². The van der Waals surface area contributed by atoms with Crippen molar-refractivity contribution in [3.63, 3.8) is 0 Å². The summed E-state index contributed by atoms with van der Waals surface area (Å²) in [5.74, 6) is -3.27. The van der Waals surface area contributed by atoms with E-state index in [2.05, 4.69) is 20.5 Å².